The van der Waals surface area contributed by atoms with Crippen LogP contribution in [-0.2, 0) is 43.9 Å². The first-order valence-corrected chi connectivity index (χ1v) is 7.27. The van der Waals surface area contributed by atoms with E-state index in [1.54, 1.807) is 0 Å². The van der Waals surface area contributed by atoms with Gasteiger partial charge in [0, 0.05) is 38.8 Å². The number of aryl methyl sites for hydroxylation is 1. The van der Waals surface area contributed by atoms with Gasteiger partial charge in [0.25, 0.3) is 0 Å². The van der Waals surface area contributed by atoms with Gasteiger partial charge in [0.15, 0.2) is 0 Å². The van der Waals surface area contributed by atoms with Crippen molar-refractivity contribution in [1.29, 1.82) is 0 Å². The maximum atomic E-state index is 11.9. The van der Waals surface area contributed by atoms with Gasteiger partial charge in [-0.2, -0.15) is 0 Å². The largest absolute Gasteiger partial charge is 0.354 e. The summed E-state index contributed by atoms with van der Waals surface area (Å²) in [6, 6.07) is 14.4. The summed E-state index contributed by atoms with van der Waals surface area (Å²) in [5.41, 5.74) is 2.45. The van der Waals surface area contributed by atoms with E-state index in [9.17, 15) is 4.79 Å². The maximum Gasteiger partial charge on any atom is 0.218 e. The van der Waals surface area contributed by atoms with Crippen molar-refractivity contribution in [1.82, 2.24) is 5.32 Å². The molecule has 0 fully saturated rings. The van der Waals surface area contributed by atoms with E-state index in [4.69, 9.17) is 0 Å². The topological polar surface area (TPSA) is 33.0 Å². The van der Waals surface area contributed by atoms with Crippen LogP contribution in [0, 0.1) is 13.5 Å². The Kier molecular flexibility index (Phi) is 8.36. The van der Waals surface area contributed by atoms with Crippen LogP contribution < -0.4 is 9.88 Å². The number of carbonyl (C=O) groups is 1. The van der Waals surface area contributed by atoms with Crippen LogP contribution >= 0.6 is 0 Å². The van der Waals surface area contributed by atoms with Crippen LogP contribution in [0.25, 0.3) is 0 Å². The van der Waals surface area contributed by atoms with Crippen molar-refractivity contribution in [3.8, 4) is 0 Å². The first-order valence-electron chi connectivity index (χ1n) is 7.27. The number of carbonyl (C=O) groups excluding carboxylic acids is 1. The second-order valence-electron chi connectivity index (χ2n) is 5.37. The van der Waals surface area contributed by atoms with Crippen LogP contribution in [0.4, 0.5) is 0 Å². The zero-order valence-electron chi connectivity index (χ0n) is 13.2. The van der Waals surface area contributed by atoms with Crippen LogP contribution in [0.15, 0.2) is 54.9 Å². The number of pyridine rings is 1. The molecule has 3 nitrogen and oxygen atoms in total. The summed E-state index contributed by atoms with van der Waals surface area (Å²) in [5.74, 6) is 0.0477. The van der Waals surface area contributed by atoms with Gasteiger partial charge in [0.05, 0.1) is 25.4 Å². The second-order valence-corrected chi connectivity index (χ2v) is 5.37. The Morgan fingerprint density at radius 3 is 2.45 bits per heavy atom. The van der Waals surface area contributed by atoms with Crippen molar-refractivity contribution in [3.63, 3.8) is 0 Å². The summed E-state index contributed by atoms with van der Waals surface area (Å²) in [4.78, 5) is 11.9. The summed E-state index contributed by atoms with van der Waals surface area (Å²) >= 11 is 0. The number of nitrogens with zero attached hydrogens (tertiary/aromatic N) is 1. The van der Waals surface area contributed by atoms with Gasteiger partial charge in [-0.25, -0.2) is 0 Å². The van der Waals surface area contributed by atoms with Gasteiger partial charge in [-0.15, -0.1) is 0 Å². The molecule has 0 saturated carbocycles. The molecule has 1 amide bonds. The van der Waals surface area contributed by atoms with Gasteiger partial charge in [-0.1, -0.05) is 48.0 Å². The summed E-state index contributed by atoms with van der Waals surface area (Å²) in [6.07, 6.45) is 5.14. The molecular formula is C18H22N2OY. The molecule has 2 aromatic rings. The van der Waals surface area contributed by atoms with Crippen molar-refractivity contribution >= 4 is 5.91 Å². The Morgan fingerprint density at radius 1 is 1.18 bits per heavy atom. The van der Waals surface area contributed by atoms with Gasteiger partial charge in [0.2, 0.25) is 5.91 Å². The molecule has 0 unspecified atom stereocenters. The van der Waals surface area contributed by atoms with E-state index < -0.39 is 0 Å². The minimum absolute atomic E-state index is 0. The molecule has 0 aliphatic carbocycles. The SMILES string of the molecule is Cc1cc[n+]([CH-]CC(=O)N[C@@H](C)Cc2ccccc2)cc1.[Y]. The first-order chi connectivity index (χ1) is 10.1. The third kappa shape index (κ3) is 6.72. The molecule has 113 valence electrons. The molecule has 1 heterocycles. The Balaban J connectivity index is 0.00000242. The van der Waals surface area contributed by atoms with Crippen LogP contribution in [0.5, 0.6) is 0 Å². The number of amides is 1. The molecule has 1 N–H and O–H groups in total. The number of hydrogen-bond donors (Lipinski definition) is 1. The molecule has 22 heavy (non-hydrogen) atoms. The van der Waals surface area contributed by atoms with Crippen LogP contribution in [0.1, 0.15) is 24.5 Å². The minimum atomic E-state index is 0. The zero-order valence-corrected chi connectivity index (χ0v) is 16.0. The van der Waals surface area contributed by atoms with Gasteiger partial charge in [-0.3, -0.25) is 4.79 Å². The van der Waals surface area contributed by atoms with Crippen LogP contribution in [-0.4, -0.2) is 11.9 Å². The number of benzene rings is 1. The number of aromatic nitrogens is 1. The van der Waals surface area contributed by atoms with E-state index in [0.29, 0.717) is 6.42 Å². The molecule has 1 aromatic heterocycles. The van der Waals surface area contributed by atoms with Crippen molar-refractivity contribution in [2.75, 3.05) is 0 Å². The number of hydrogen-bond acceptors (Lipinski definition) is 1. The van der Waals surface area contributed by atoms with Gasteiger partial charge in [-0.05, 0) is 25.8 Å². The number of rotatable bonds is 6. The monoisotopic (exact) mass is 371 g/mol. The fraction of sp³-hybridized carbons (Fsp3) is 0.278. The predicted octanol–water partition coefficient (Wildman–Crippen LogP) is 2.43. The quantitative estimate of drug-likeness (QED) is 0.614. The normalized spacial score (nSPS) is 11.2. The van der Waals surface area contributed by atoms with E-state index >= 15 is 0 Å². The Morgan fingerprint density at radius 2 is 1.82 bits per heavy atom. The van der Waals surface area contributed by atoms with E-state index in [0.717, 1.165) is 6.42 Å². The third-order valence-electron chi connectivity index (χ3n) is 3.30. The smallest absolute Gasteiger partial charge is 0.218 e. The Bertz CT molecular complexity index is 569. The fourth-order valence-electron chi connectivity index (χ4n) is 2.17. The average molecular weight is 371 g/mol. The fourth-order valence-corrected chi connectivity index (χ4v) is 2.17. The molecule has 4 heteroatoms. The Hall–Kier alpha value is -1.19. The van der Waals surface area contributed by atoms with E-state index in [2.05, 4.69) is 17.4 Å². The minimum Gasteiger partial charge on any atom is -0.354 e. The molecule has 0 spiro atoms. The van der Waals surface area contributed by atoms with Gasteiger partial charge < -0.3 is 9.88 Å². The van der Waals surface area contributed by atoms with Crippen molar-refractivity contribution in [3.05, 3.63) is 72.5 Å². The van der Waals surface area contributed by atoms with E-state index in [1.165, 1.54) is 11.1 Å². The van der Waals surface area contributed by atoms with Crippen LogP contribution in [0.2, 0.25) is 0 Å². The molecular weight excluding hydrogens is 349 g/mol. The first kappa shape index (κ1) is 18.9. The predicted molar refractivity (Wildman–Crippen MR) is 83.4 cm³/mol. The molecule has 1 atom stereocenters. The van der Waals surface area contributed by atoms with E-state index in [1.807, 2.05) is 67.7 Å². The summed E-state index contributed by atoms with van der Waals surface area (Å²) in [5, 5.41) is 3.03. The van der Waals surface area contributed by atoms with Crippen molar-refractivity contribution in [2.24, 2.45) is 0 Å². The summed E-state index contributed by atoms with van der Waals surface area (Å²) in [7, 11) is 0. The molecule has 0 bridgehead atoms. The summed E-state index contributed by atoms with van der Waals surface area (Å²) in [6.45, 7) is 5.95. The van der Waals surface area contributed by atoms with Crippen LogP contribution in [0.3, 0.4) is 0 Å². The molecule has 1 aromatic carbocycles. The molecule has 0 saturated heterocycles. The standard InChI is InChI=1S/C18H22N2O.Y/c1-15-8-11-20(12-9-15)13-10-18(21)19-16(2)14-17-6-4-3-5-7-17;/h3-9,11-13,16H,10,14H2,1-2H3,(H,19,21);/t16-;/m0./s1. The second kappa shape index (κ2) is 9.75. The molecule has 0 aliphatic rings. The van der Waals surface area contributed by atoms with E-state index in [-0.39, 0.29) is 44.7 Å². The van der Waals surface area contributed by atoms with Gasteiger partial charge in [0.1, 0.15) is 0 Å². The molecule has 1 radical (unpaired) electrons. The molecule has 0 aliphatic heterocycles. The zero-order chi connectivity index (χ0) is 15.1. The van der Waals surface area contributed by atoms with Crippen molar-refractivity contribution in [2.45, 2.75) is 32.7 Å². The molecule has 2 rings (SSSR count). The summed E-state index contributed by atoms with van der Waals surface area (Å²) < 4.78 is 1.91. The van der Waals surface area contributed by atoms with Gasteiger partial charge >= 0.3 is 0 Å². The Labute approximate surface area is 158 Å². The third-order valence-corrected chi connectivity index (χ3v) is 3.30. The van der Waals surface area contributed by atoms with Crippen molar-refractivity contribution < 1.29 is 42.1 Å². The maximum absolute atomic E-state index is 11.9. The number of nitrogens with one attached hydrogen (secondary N) is 1. The average Bonchev–Trinajstić information content (AvgIpc) is 2.47.